The maximum atomic E-state index is 12.8. The van der Waals surface area contributed by atoms with Gasteiger partial charge in [0, 0.05) is 12.8 Å². The molecule has 0 aromatic rings. The molecule has 0 radical (unpaired) electrons. The molecule has 0 aromatic heterocycles. The van der Waals surface area contributed by atoms with E-state index in [1.54, 1.807) is 0 Å². The van der Waals surface area contributed by atoms with Crippen molar-refractivity contribution >= 4 is 17.9 Å². The third kappa shape index (κ3) is 47.0. The second kappa shape index (κ2) is 45.8. The molecule has 0 aliphatic rings. The molecule has 63 heavy (non-hydrogen) atoms. The van der Waals surface area contributed by atoms with Crippen LogP contribution in [-0.2, 0) is 33.3 Å². The van der Waals surface area contributed by atoms with Crippen LogP contribution >= 0.6 is 0 Å². The summed E-state index contributed by atoms with van der Waals surface area (Å²) in [5, 5.41) is 9.65. The van der Waals surface area contributed by atoms with Gasteiger partial charge in [0.1, 0.15) is 13.2 Å². The highest BCUT2D eigenvalue weighted by molar-refractivity contribution is 5.71. The van der Waals surface area contributed by atoms with Crippen LogP contribution in [0.15, 0.2) is 48.6 Å². The van der Waals surface area contributed by atoms with Crippen LogP contribution in [0.4, 0.5) is 0 Å². The monoisotopic (exact) mass is 889 g/mol. The van der Waals surface area contributed by atoms with E-state index in [9.17, 15) is 19.5 Å². The van der Waals surface area contributed by atoms with Crippen molar-refractivity contribution in [2.45, 2.75) is 232 Å². The van der Waals surface area contributed by atoms with Crippen molar-refractivity contribution in [2.75, 3.05) is 47.5 Å². The molecule has 0 saturated carbocycles. The number of hydrogen-bond acceptors (Lipinski definition) is 7. The summed E-state index contributed by atoms with van der Waals surface area (Å²) in [5.41, 5.74) is 0. The number of allylic oxidation sites excluding steroid dienone is 8. The zero-order valence-corrected chi connectivity index (χ0v) is 41.5. The van der Waals surface area contributed by atoms with Crippen LogP contribution in [0.3, 0.4) is 0 Å². The summed E-state index contributed by atoms with van der Waals surface area (Å²) in [7, 11) is 5.95. The quantitative estimate of drug-likeness (QED) is 0.0212. The summed E-state index contributed by atoms with van der Waals surface area (Å²) >= 11 is 0. The van der Waals surface area contributed by atoms with Gasteiger partial charge in [-0.2, -0.15) is 0 Å². The van der Waals surface area contributed by atoms with Gasteiger partial charge < -0.3 is 28.5 Å². The summed E-state index contributed by atoms with van der Waals surface area (Å²) in [5.74, 6) is -2.04. The van der Waals surface area contributed by atoms with Crippen LogP contribution in [0.2, 0.25) is 0 Å². The fourth-order valence-electron chi connectivity index (χ4n) is 7.08. The van der Waals surface area contributed by atoms with Crippen molar-refractivity contribution < 1.29 is 42.9 Å². The fourth-order valence-corrected chi connectivity index (χ4v) is 7.08. The van der Waals surface area contributed by atoms with Gasteiger partial charge in [0.25, 0.3) is 6.29 Å². The summed E-state index contributed by atoms with van der Waals surface area (Å²) in [6.07, 6.45) is 51.9. The van der Waals surface area contributed by atoms with Crippen molar-refractivity contribution in [1.82, 2.24) is 0 Å². The van der Waals surface area contributed by atoms with Gasteiger partial charge in [0.15, 0.2) is 6.10 Å². The number of aliphatic carboxylic acids is 1. The van der Waals surface area contributed by atoms with Gasteiger partial charge in [0.05, 0.1) is 34.4 Å². The van der Waals surface area contributed by atoms with E-state index >= 15 is 0 Å². The Bertz CT molecular complexity index is 1170. The highest BCUT2D eigenvalue weighted by atomic mass is 16.7. The minimum Gasteiger partial charge on any atom is -0.477 e. The Balaban J connectivity index is 4.24. The number of hydrogen-bond donors (Lipinski definition) is 1. The van der Waals surface area contributed by atoms with E-state index < -0.39 is 24.3 Å². The summed E-state index contributed by atoms with van der Waals surface area (Å²) in [6.45, 7) is 4.73. The number of carboxylic acids is 1. The van der Waals surface area contributed by atoms with Crippen LogP contribution in [0.25, 0.3) is 0 Å². The average molecular weight is 889 g/mol. The van der Waals surface area contributed by atoms with Crippen molar-refractivity contribution in [3.05, 3.63) is 48.6 Å². The number of ether oxygens (including phenoxy) is 4. The highest BCUT2D eigenvalue weighted by Crippen LogP contribution is 2.15. The molecule has 2 unspecified atom stereocenters. The number of rotatable bonds is 47. The lowest BCUT2D eigenvalue weighted by Crippen LogP contribution is -2.40. The smallest absolute Gasteiger partial charge is 0.361 e. The molecule has 9 nitrogen and oxygen atoms in total. The summed E-state index contributed by atoms with van der Waals surface area (Å²) in [4.78, 5) is 37.2. The van der Waals surface area contributed by atoms with Crippen LogP contribution in [0.1, 0.15) is 219 Å². The molecule has 0 heterocycles. The molecule has 0 aliphatic heterocycles. The van der Waals surface area contributed by atoms with Gasteiger partial charge in [-0.15, -0.1) is 0 Å². The summed E-state index contributed by atoms with van der Waals surface area (Å²) in [6, 6.07) is 0. The molecule has 0 rings (SSSR count). The van der Waals surface area contributed by atoms with E-state index in [4.69, 9.17) is 18.9 Å². The Morgan fingerprint density at radius 2 is 0.905 bits per heavy atom. The molecular formula is C54H98NO8+. The first-order valence-electron chi connectivity index (χ1n) is 25.8. The molecule has 0 spiro atoms. The Morgan fingerprint density at radius 3 is 1.38 bits per heavy atom. The minimum absolute atomic E-state index is 0.181. The predicted molar refractivity (Wildman–Crippen MR) is 263 cm³/mol. The van der Waals surface area contributed by atoms with E-state index in [1.807, 2.05) is 21.1 Å². The third-order valence-electron chi connectivity index (χ3n) is 11.1. The number of carbonyl (C=O) groups is 3. The Labute approximate surface area is 387 Å². The second-order valence-electron chi connectivity index (χ2n) is 18.4. The van der Waals surface area contributed by atoms with Crippen molar-refractivity contribution in [3.8, 4) is 0 Å². The predicted octanol–water partition coefficient (Wildman–Crippen LogP) is 14.3. The maximum Gasteiger partial charge on any atom is 0.361 e. The van der Waals surface area contributed by atoms with E-state index in [2.05, 4.69) is 62.5 Å². The minimum atomic E-state index is -1.52. The fraction of sp³-hybridized carbons (Fsp3) is 0.796. The Morgan fingerprint density at radius 1 is 0.492 bits per heavy atom. The van der Waals surface area contributed by atoms with Crippen LogP contribution in [0.5, 0.6) is 0 Å². The number of nitrogens with zero attached hydrogens (tertiary/aromatic N) is 1. The average Bonchev–Trinajstić information content (AvgIpc) is 3.24. The molecule has 0 aliphatic carbocycles. The van der Waals surface area contributed by atoms with Gasteiger partial charge in [-0.05, 0) is 70.6 Å². The van der Waals surface area contributed by atoms with Crippen molar-refractivity contribution in [2.24, 2.45) is 0 Å². The van der Waals surface area contributed by atoms with E-state index in [0.29, 0.717) is 23.9 Å². The standard InChI is InChI=1S/C54H97NO8/c1-6-8-10-12-14-16-18-20-21-22-23-24-25-26-27-28-29-30-31-33-34-36-38-40-42-44-51(56)61-48-50(49-62-54(53(58)59)60-47-46-55(3,4)5)63-52(57)45-43-41-39-37-35-32-19-17-15-13-11-9-7-2/h9,11,15,17,22-23,32,35,50,54H,6-8,10,12-14,16,18-21,24-31,33-34,36-49H2,1-5H3/p+1/b11-9-,17-15-,23-22-,35-32-. The molecule has 0 amide bonds. The number of esters is 2. The molecular weight excluding hydrogens is 791 g/mol. The molecule has 0 saturated heterocycles. The SMILES string of the molecule is CC/C=C\C/C=C\C/C=C\CCCCCC(=O)OC(COC(=O)CCCCCCCCCCCCCCC/C=C\CCCCCCCCCC)COC(OCC[N+](C)(C)C)C(=O)O. The highest BCUT2D eigenvalue weighted by Gasteiger charge is 2.25. The Kier molecular flexibility index (Phi) is 43.8. The molecule has 0 fully saturated rings. The molecule has 0 aromatic carbocycles. The number of likely N-dealkylation sites (N-methyl/N-ethyl adjacent to an activating group) is 1. The van der Waals surface area contributed by atoms with Crippen molar-refractivity contribution in [3.63, 3.8) is 0 Å². The van der Waals surface area contributed by atoms with E-state index in [0.717, 1.165) is 57.8 Å². The Hall–Kier alpha value is -2.75. The lowest BCUT2D eigenvalue weighted by Gasteiger charge is -2.25. The molecule has 0 bridgehead atoms. The lowest BCUT2D eigenvalue weighted by molar-refractivity contribution is -0.870. The number of carboxylic acid groups (broad SMARTS) is 1. The zero-order chi connectivity index (χ0) is 46.3. The summed E-state index contributed by atoms with van der Waals surface area (Å²) < 4.78 is 22.7. The van der Waals surface area contributed by atoms with Crippen molar-refractivity contribution in [1.29, 1.82) is 0 Å². The maximum absolute atomic E-state index is 12.8. The largest absolute Gasteiger partial charge is 0.477 e. The zero-order valence-electron chi connectivity index (χ0n) is 41.5. The first-order chi connectivity index (χ1) is 30.6. The first kappa shape index (κ1) is 60.2. The van der Waals surface area contributed by atoms with E-state index in [-0.39, 0.29) is 32.2 Å². The van der Waals surface area contributed by atoms with Gasteiger partial charge >= 0.3 is 17.9 Å². The first-order valence-corrected chi connectivity index (χ1v) is 25.8. The topological polar surface area (TPSA) is 108 Å². The molecule has 2 atom stereocenters. The molecule has 1 N–H and O–H groups in total. The number of unbranched alkanes of at least 4 members (excludes halogenated alkanes) is 24. The van der Waals surface area contributed by atoms with Gasteiger partial charge in [-0.1, -0.05) is 184 Å². The third-order valence-corrected chi connectivity index (χ3v) is 11.1. The number of quaternary nitrogens is 1. The van der Waals surface area contributed by atoms with Gasteiger partial charge in [0.2, 0.25) is 0 Å². The second-order valence-corrected chi connectivity index (χ2v) is 18.4. The molecule has 366 valence electrons. The van der Waals surface area contributed by atoms with E-state index in [1.165, 1.54) is 128 Å². The van der Waals surface area contributed by atoms with Crippen LogP contribution in [-0.4, -0.2) is 87.4 Å². The van der Waals surface area contributed by atoms with Gasteiger partial charge in [-0.3, -0.25) is 9.59 Å². The molecule has 9 heteroatoms. The normalized spacial score (nSPS) is 13.2. The van der Waals surface area contributed by atoms with Crippen LogP contribution in [0, 0.1) is 0 Å². The van der Waals surface area contributed by atoms with Gasteiger partial charge in [-0.25, -0.2) is 4.79 Å². The number of carbonyl (C=O) groups excluding carboxylic acids is 2. The van der Waals surface area contributed by atoms with Crippen LogP contribution < -0.4 is 0 Å². The lowest BCUT2D eigenvalue weighted by atomic mass is 10.0.